The summed E-state index contributed by atoms with van der Waals surface area (Å²) >= 11 is 0. The van der Waals surface area contributed by atoms with Crippen molar-refractivity contribution in [3.05, 3.63) is 52.1 Å². The van der Waals surface area contributed by atoms with Crippen molar-refractivity contribution in [3.63, 3.8) is 0 Å². The number of nitrogens with zero attached hydrogens (tertiary/aromatic N) is 3. The van der Waals surface area contributed by atoms with E-state index in [0.29, 0.717) is 40.3 Å². The first-order valence-corrected chi connectivity index (χ1v) is 10.5. The van der Waals surface area contributed by atoms with E-state index >= 15 is 0 Å². The number of benzene rings is 1. The minimum atomic E-state index is -3.70. The molecule has 0 unspecified atom stereocenters. The SMILES string of the molecule is Cc1cc(F)ccc1-c1nc(S(C)(=O)=O)nc2c1ccc(=O)n2CC1CC1. The Bertz CT molecular complexity index is 1230. The molecule has 0 bridgehead atoms. The van der Waals surface area contributed by atoms with Gasteiger partial charge in [-0.2, -0.15) is 4.98 Å². The molecular formula is C19H18FN3O3S. The maximum Gasteiger partial charge on any atom is 0.252 e. The van der Waals surface area contributed by atoms with Crippen molar-refractivity contribution in [1.29, 1.82) is 0 Å². The van der Waals surface area contributed by atoms with E-state index in [-0.39, 0.29) is 16.5 Å². The summed E-state index contributed by atoms with van der Waals surface area (Å²) < 4.78 is 39.4. The highest BCUT2D eigenvalue weighted by Crippen LogP contribution is 2.33. The van der Waals surface area contributed by atoms with Gasteiger partial charge in [-0.05, 0) is 55.5 Å². The number of aryl methyl sites for hydroxylation is 1. The average Bonchev–Trinajstić information content (AvgIpc) is 3.40. The zero-order valence-corrected chi connectivity index (χ0v) is 15.8. The molecule has 0 N–H and O–H groups in total. The fraction of sp³-hybridized carbons (Fsp3) is 0.316. The second-order valence-electron chi connectivity index (χ2n) is 7.05. The molecule has 0 aliphatic heterocycles. The van der Waals surface area contributed by atoms with E-state index in [1.54, 1.807) is 19.1 Å². The van der Waals surface area contributed by atoms with Crippen molar-refractivity contribution in [2.75, 3.05) is 6.26 Å². The molecule has 140 valence electrons. The lowest BCUT2D eigenvalue weighted by atomic mass is 10.0. The molecule has 3 aromatic rings. The van der Waals surface area contributed by atoms with Crippen LogP contribution in [-0.2, 0) is 16.4 Å². The third kappa shape index (κ3) is 3.37. The molecule has 0 radical (unpaired) electrons. The van der Waals surface area contributed by atoms with Crippen LogP contribution in [-0.4, -0.2) is 29.2 Å². The summed E-state index contributed by atoms with van der Waals surface area (Å²) in [7, 11) is -3.70. The number of sulfone groups is 1. The number of hydrogen-bond acceptors (Lipinski definition) is 5. The summed E-state index contributed by atoms with van der Waals surface area (Å²) in [5.74, 6) is 0.0181. The summed E-state index contributed by atoms with van der Waals surface area (Å²) in [4.78, 5) is 20.9. The standard InChI is InChI=1S/C19H18FN3O3S/c1-11-9-13(20)5-6-14(11)17-15-7-8-16(24)23(10-12-3-4-12)18(15)22-19(21-17)27(2,25)26/h5-9,12H,3-4,10H2,1-2H3. The smallest absolute Gasteiger partial charge is 0.252 e. The number of pyridine rings is 1. The summed E-state index contributed by atoms with van der Waals surface area (Å²) in [6, 6.07) is 7.27. The van der Waals surface area contributed by atoms with Crippen molar-refractivity contribution in [3.8, 4) is 11.3 Å². The van der Waals surface area contributed by atoms with Crippen molar-refractivity contribution in [2.45, 2.75) is 31.5 Å². The topological polar surface area (TPSA) is 81.9 Å². The van der Waals surface area contributed by atoms with Gasteiger partial charge in [0.2, 0.25) is 15.0 Å². The Balaban J connectivity index is 2.09. The summed E-state index contributed by atoms with van der Waals surface area (Å²) in [6.45, 7) is 2.23. The molecule has 1 fully saturated rings. The Morgan fingerprint density at radius 3 is 2.56 bits per heavy atom. The van der Waals surface area contributed by atoms with Gasteiger partial charge < -0.3 is 0 Å². The van der Waals surface area contributed by atoms with E-state index in [9.17, 15) is 17.6 Å². The zero-order valence-electron chi connectivity index (χ0n) is 14.9. The van der Waals surface area contributed by atoms with Crippen LogP contribution in [0.4, 0.5) is 4.39 Å². The lowest BCUT2D eigenvalue weighted by Gasteiger charge is -2.14. The van der Waals surface area contributed by atoms with Crippen LogP contribution in [0.2, 0.25) is 0 Å². The maximum absolute atomic E-state index is 13.5. The molecule has 1 aliphatic carbocycles. The van der Waals surface area contributed by atoms with Gasteiger partial charge in [-0.3, -0.25) is 9.36 Å². The molecule has 6 nitrogen and oxygen atoms in total. The van der Waals surface area contributed by atoms with Crippen molar-refractivity contribution >= 4 is 20.9 Å². The van der Waals surface area contributed by atoms with E-state index in [2.05, 4.69) is 9.97 Å². The van der Waals surface area contributed by atoms with Crippen molar-refractivity contribution < 1.29 is 12.8 Å². The Morgan fingerprint density at radius 1 is 1.19 bits per heavy atom. The van der Waals surface area contributed by atoms with E-state index in [4.69, 9.17) is 0 Å². The van der Waals surface area contributed by atoms with Gasteiger partial charge >= 0.3 is 0 Å². The van der Waals surface area contributed by atoms with Gasteiger partial charge in [-0.1, -0.05) is 0 Å². The first-order chi connectivity index (χ1) is 12.7. The third-order valence-electron chi connectivity index (χ3n) is 4.73. The molecule has 0 spiro atoms. The Kier molecular flexibility index (Phi) is 4.10. The molecule has 1 aliphatic rings. The molecule has 27 heavy (non-hydrogen) atoms. The van der Waals surface area contributed by atoms with Crippen molar-refractivity contribution in [1.82, 2.24) is 14.5 Å². The highest BCUT2D eigenvalue weighted by Gasteiger charge is 2.25. The first-order valence-electron chi connectivity index (χ1n) is 8.62. The van der Waals surface area contributed by atoms with Crippen LogP contribution < -0.4 is 5.56 Å². The van der Waals surface area contributed by atoms with Crippen molar-refractivity contribution in [2.24, 2.45) is 5.92 Å². The molecule has 4 rings (SSSR count). The summed E-state index contributed by atoms with van der Waals surface area (Å²) in [5, 5.41) is 0.223. The minimum Gasteiger partial charge on any atom is -0.292 e. The van der Waals surface area contributed by atoms with E-state index < -0.39 is 9.84 Å². The fourth-order valence-corrected chi connectivity index (χ4v) is 3.65. The second-order valence-corrected chi connectivity index (χ2v) is 8.96. The highest BCUT2D eigenvalue weighted by molar-refractivity contribution is 7.90. The monoisotopic (exact) mass is 387 g/mol. The lowest BCUT2D eigenvalue weighted by molar-refractivity contribution is 0.590. The highest BCUT2D eigenvalue weighted by atomic mass is 32.2. The largest absolute Gasteiger partial charge is 0.292 e. The normalized spacial score (nSPS) is 14.6. The van der Waals surface area contributed by atoms with Gasteiger partial charge in [0.15, 0.2) is 0 Å². The average molecular weight is 387 g/mol. The molecule has 1 saturated carbocycles. The molecule has 2 aromatic heterocycles. The number of hydrogen-bond donors (Lipinski definition) is 0. The maximum atomic E-state index is 13.5. The van der Waals surface area contributed by atoms with Crippen LogP contribution >= 0.6 is 0 Å². The molecule has 0 saturated heterocycles. The predicted molar refractivity (Wildman–Crippen MR) is 99.8 cm³/mol. The number of halogens is 1. The van der Waals surface area contributed by atoms with Gasteiger partial charge in [0.1, 0.15) is 11.5 Å². The van der Waals surface area contributed by atoms with E-state index in [0.717, 1.165) is 19.1 Å². The molecule has 2 heterocycles. The van der Waals surface area contributed by atoms with E-state index in [1.807, 2.05) is 0 Å². The minimum absolute atomic E-state index is 0.227. The summed E-state index contributed by atoms with van der Waals surface area (Å²) in [6.07, 6.45) is 3.11. The molecular weight excluding hydrogens is 369 g/mol. The molecule has 8 heteroatoms. The quantitative estimate of drug-likeness (QED) is 0.643. The van der Waals surface area contributed by atoms with Gasteiger partial charge in [-0.25, -0.2) is 17.8 Å². The van der Waals surface area contributed by atoms with Gasteiger partial charge in [0.25, 0.3) is 5.56 Å². The van der Waals surface area contributed by atoms with Crippen LogP contribution in [0.5, 0.6) is 0 Å². The van der Waals surface area contributed by atoms with Crippen LogP contribution in [0.1, 0.15) is 18.4 Å². The molecule has 0 amide bonds. The number of aromatic nitrogens is 3. The van der Waals surface area contributed by atoms with Crippen LogP contribution in [0, 0.1) is 18.7 Å². The van der Waals surface area contributed by atoms with Crippen LogP contribution in [0.25, 0.3) is 22.3 Å². The summed E-state index contributed by atoms with van der Waals surface area (Å²) in [5.41, 5.74) is 1.67. The van der Waals surface area contributed by atoms with Gasteiger partial charge in [0, 0.05) is 29.8 Å². The first kappa shape index (κ1) is 17.8. The van der Waals surface area contributed by atoms with Gasteiger partial charge in [0.05, 0.1) is 5.69 Å². The van der Waals surface area contributed by atoms with E-state index in [1.165, 1.54) is 22.8 Å². The second kappa shape index (κ2) is 6.23. The molecule has 1 aromatic carbocycles. The lowest BCUT2D eigenvalue weighted by Crippen LogP contribution is -2.22. The fourth-order valence-electron chi connectivity index (χ4n) is 3.14. The molecule has 0 atom stereocenters. The number of rotatable bonds is 4. The van der Waals surface area contributed by atoms with Crippen LogP contribution in [0.15, 0.2) is 40.3 Å². The zero-order chi connectivity index (χ0) is 19.3. The number of fused-ring (bicyclic) bond motifs is 1. The van der Waals surface area contributed by atoms with Crippen LogP contribution in [0.3, 0.4) is 0 Å². The Hall–Kier alpha value is -2.61. The predicted octanol–water partition coefficient (Wildman–Crippen LogP) is 2.72. The Labute approximate surface area is 155 Å². The Morgan fingerprint density at radius 2 is 1.93 bits per heavy atom. The third-order valence-corrected chi connectivity index (χ3v) is 5.58. The van der Waals surface area contributed by atoms with Gasteiger partial charge in [-0.15, -0.1) is 0 Å².